The van der Waals surface area contributed by atoms with E-state index in [1.807, 2.05) is 0 Å². The Labute approximate surface area is 774 Å². The van der Waals surface area contributed by atoms with Gasteiger partial charge in [0.2, 0.25) is 0 Å². The van der Waals surface area contributed by atoms with Crippen LogP contribution in [0.25, 0.3) is 0 Å². The summed E-state index contributed by atoms with van der Waals surface area (Å²) >= 11 is 0. The molecule has 0 aliphatic carbocycles. The molecule has 0 bridgehead atoms. The van der Waals surface area contributed by atoms with Crippen molar-refractivity contribution in [1.82, 2.24) is 0 Å². The predicted octanol–water partition coefficient (Wildman–Crippen LogP) is 28.6. The van der Waals surface area contributed by atoms with Crippen molar-refractivity contribution in [3.63, 3.8) is 0 Å². The molecule has 0 aromatic heterocycles. The van der Waals surface area contributed by atoms with Gasteiger partial charge in [0, 0.05) is 35.8 Å². The fraction of sp³-hybridized carbons (Fsp3) is 0.833. The Balaban J connectivity index is -0.000000257. The maximum Gasteiger partial charge on any atom is 6.00 e. The van der Waals surface area contributed by atoms with Crippen molar-refractivity contribution in [2.75, 3.05) is 0 Å². The molecule has 0 aliphatic rings. The van der Waals surface area contributed by atoms with E-state index >= 15 is 0 Å². The number of rotatable bonds is 90. The quantitative estimate of drug-likeness (QED) is 0.0408. The number of unbranched alkanes of at least 4 members (excludes halogenated alkanes) is 66. The van der Waals surface area contributed by atoms with E-state index in [1.165, 1.54) is 385 Å². The van der Waals surface area contributed by atoms with Crippen LogP contribution >= 0.6 is 0 Å². The molecule has 706 valence electrons. The van der Waals surface area contributed by atoms with Gasteiger partial charge in [-0.15, -0.1) is 0 Å². The van der Waals surface area contributed by atoms with Crippen LogP contribution in [0, 0.1) is 31.1 Å². The monoisotopic (exact) mass is 1930 g/mol. The first-order valence-corrected chi connectivity index (χ1v) is 51.7. The van der Waals surface area contributed by atoms with Gasteiger partial charge in [-0.25, -0.2) is 0 Å². The van der Waals surface area contributed by atoms with Gasteiger partial charge < -0.3 is 59.4 Å². The molecule has 0 unspecified atom stereocenters. The Morgan fingerprint density at radius 1 is 0.132 bits per heavy atom. The van der Waals surface area contributed by atoms with Crippen LogP contribution in [-0.2, 0) is 28.8 Å². The van der Waals surface area contributed by atoms with E-state index in [0.29, 0.717) is 0 Å². The zero-order valence-electron chi connectivity index (χ0n) is 80.7. The minimum atomic E-state index is -0.914. The van der Waals surface area contributed by atoms with Crippen LogP contribution in [0.2, 0.25) is 0 Å². The summed E-state index contributed by atoms with van der Waals surface area (Å²) in [6.45, 7) is 13.5. The Hall–Kier alpha value is -3.69. The molecule has 13 heteroatoms. The maximum atomic E-state index is 10.2. The van der Waals surface area contributed by atoms with E-state index < -0.39 is 35.8 Å². The van der Waals surface area contributed by atoms with E-state index in [9.17, 15) is 59.4 Å². The topological polar surface area (TPSA) is 241 Å². The molecule has 0 radical (unpaired) electrons. The van der Waals surface area contributed by atoms with Crippen LogP contribution in [0.15, 0.2) is 72.9 Å². The largest absolute Gasteiger partial charge is 6.00 e. The number of carboxylic acids is 6. The summed E-state index contributed by atoms with van der Waals surface area (Å²) in [7, 11) is 0. The molecule has 0 N–H and O–H groups in total. The van der Waals surface area contributed by atoms with E-state index in [4.69, 9.17) is 0 Å². The first-order valence-electron chi connectivity index (χ1n) is 51.7. The Morgan fingerprint density at radius 2 is 0.207 bits per heavy atom. The third-order valence-corrected chi connectivity index (χ3v) is 21.9. The molecular weight excluding hydrogens is 1730 g/mol. The van der Waals surface area contributed by atoms with Gasteiger partial charge in [0.05, 0.1) is 0 Å². The van der Waals surface area contributed by atoms with Gasteiger partial charge in [-0.05, 0) is 231 Å². The Kier molecular flexibility index (Phi) is 137. The molecule has 0 aromatic carbocycles. The molecule has 0 rings (SSSR count). The van der Waals surface area contributed by atoms with Gasteiger partial charge in [0.15, 0.2) is 0 Å². The van der Waals surface area contributed by atoms with E-state index in [0.717, 1.165) is 116 Å². The van der Waals surface area contributed by atoms with Crippen molar-refractivity contribution < 1.29 is 90.5 Å². The summed E-state index contributed by atoms with van der Waals surface area (Å²) in [5.41, 5.74) is 0. The number of hydrogen-bond donors (Lipinski definition) is 0. The minimum Gasteiger partial charge on any atom is -0.550 e. The molecule has 0 fully saturated rings. The van der Waals surface area contributed by atoms with Crippen LogP contribution in [-0.4, -0.2) is 35.8 Å². The summed E-state index contributed by atoms with van der Waals surface area (Å²) in [5, 5.41) is 61.3. The number of hydrogen-bond acceptors (Lipinski definition) is 12. The van der Waals surface area contributed by atoms with Crippen LogP contribution in [0.1, 0.15) is 581 Å². The van der Waals surface area contributed by atoms with Gasteiger partial charge in [0.1, 0.15) is 0 Å². The molecule has 0 aliphatic heterocycles. The summed E-state index contributed by atoms with van der Waals surface area (Å²) in [5.74, 6) is -5.49. The fourth-order valence-corrected chi connectivity index (χ4v) is 14.0. The van der Waals surface area contributed by atoms with Crippen LogP contribution in [0.3, 0.4) is 0 Å². The summed E-state index contributed by atoms with van der Waals surface area (Å²) in [4.78, 5) is 61.3. The van der Waals surface area contributed by atoms with Gasteiger partial charge >= 0.3 is 31.1 Å². The third kappa shape index (κ3) is 157. The second-order valence-corrected chi connectivity index (χ2v) is 34.2. The van der Waals surface area contributed by atoms with Crippen molar-refractivity contribution in [2.45, 2.75) is 581 Å². The molecule has 0 aromatic rings. The van der Waals surface area contributed by atoms with Gasteiger partial charge in [-0.2, -0.15) is 0 Å². The molecule has 0 saturated heterocycles. The van der Waals surface area contributed by atoms with Crippen LogP contribution in [0.4, 0.5) is 0 Å². The number of carboxylic acid groups (broad SMARTS) is 6. The van der Waals surface area contributed by atoms with E-state index in [-0.39, 0.29) is 69.6 Å². The van der Waals surface area contributed by atoms with E-state index in [2.05, 4.69) is 114 Å². The second-order valence-electron chi connectivity index (χ2n) is 34.2. The molecule has 0 heterocycles. The fourth-order valence-electron chi connectivity index (χ4n) is 14.0. The number of aliphatic carboxylic acids is 6. The molecule has 0 amide bonds. The molecule has 0 atom stereocenters. The van der Waals surface area contributed by atoms with Gasteiger partial charge in [-0.3, -0.25) is 0 Å². The zero-order valence-corrected chi connectivity index (χ0v) is 84.9. The predicted molar refractivity (Wildman–Crippen MR) is 507 cm³/mol. The minimum absolute atomic E-state index is 0. The van der Waals surface area contributed by atoms with Crippen molar-refractivity contribution >= 4 is 35.8 Å². The zero-order chi connectivity index (χ0) is 89.3. The number of carbonyl (C=O) groups excluding carboxylic acids is 6. The first-order chi connectivity index (χ1) is 58.6. The molecule has 0 spiro atoms. The van der Waals surface area contributed by atoms with Crippen LogP contribution in [0.5, 0.6) is 0 Å². The van der Waals surface area contributed by atoms with Gasteiger partial charge in [0.25, 0.3) is 0 Å². The Bertz CT molecular complexity index is 1800. The molecule has 121 heavy (non-hydrogen) atoms. The standard InChI is InChI=1S/6C18H34O2.U/c6*1-2-3-4-5-6-7-8-9-10-11-12-13-14-15-16-17-18(19)20;/h6*9-10H,2-8,11-17H2,1H3,(H,19,20);/q;;;;;;+6/p-6/b6*10-9-;. The Morgan fingerprint density at radius 3 is 0.289 bits per heavy atom. The van der Waals surface area contributed by atoms with Crippen molar-refractivity contribution in [3.8, 4) is 0 Å². The molecule has 12 nitrogen and oxygen atoms in total. The molecular formula is C108H198O12U. The number of allylic oxidation sites excluding steroid dienone is 12. The van der Waals surface area contributed by atoms with Crippen LogP contribution < -0.4 is 30.6 Å². The SMILES string of the molecule is CCCCCCCC/C=C\CCCCCCCC(=O)[O-].CCCCCCCC/C=C\CCCCCCCC(=O)[O-].CCCCCCCC/C=C\CCCCCCCC(=O)[O-].CCCCCCCC/C=C\CCCCCCCC(=O)[O-].CCCCCCCC/C=C\CCCCCCCC(=O)[O-].CCCCCCCC/C=C\CCCCCCCC(=O)[O-].[U+6]. The summed E-state index contributed by atoms with van der Waals surface area (Å²) in [6, 6.07) is 0. The number of carbonyl (C=O) groups is 6. The average molecular weight is 1930 g/mol. The smallest absolute Gasteiger partial charge is 0.550 e. The average Bonchev–Trinajstić information content (AvgIpc) is 1.37. The first kappa shape index (κ1) is 130. The normalized spacial score (nSPS) is 11.2. The molecule has 0 saturated carbocycles. The van der Waals surface area contributed by atoms with E-state index in [1.54, 1.807) is 0 Å². The van der Waals surface area contributed by atoms with Crippen molar-refractivity contribution in [2.24, 2.45) is 0 Å². The second kappa shape index (κ2) is 127. The summed E-state index contributed by atoms with van der Waals surface area (Å²) < 4.78 is 0. The van der Waals surface area contributed by atoms with Crippen molar-refractivity contribution in [3.05, 3.63) is 72.9 Å². The van der Waals surface area contributed by atoms with Gasteiger partial charge in [-0.1, -0.05) is 423 Å². The third-order valence-electron chi connectivity index (χ3n) is 21.9. The summed E-state index contributed by atoms with van der Waals surface area (Å²) in [6.07, 6.45) is 125. The van der Waals surface area contributed by atoms with Crippen molar-refractivity contribution in [1.29, 1.82) is 0 Å². The maximum absolute atomic E-state index is 10.2.